The molecule has 5 heteroatoms. The molecule has 1 atom stereocenters. The van der Waals surface area contributed by atoms with Crippen LogP contribution in [-0.2, 0) is 0 Å². The van der Waals surface area contributed by atoms with Crippen molar-refractivity contribution in [3.63, 3.8) is 0 Å². The third kappa shape index (κ3) is 4.10. The zero-order chi connectivity index (χ0) is 12.2. The summed E-state index contributed by atoms with van der Waals surface area (Å²) in [5.41, 5.74) is 5.90. The Labute approximate surface area is 92.2 Å². The van der Waals surface area contributed by atoms with E-state index in [2.05, 4.69) is 0 Å². The van der Waals surface area contributed by atoms with Crippen LogP contribution in [0, 0.1) is 0 Å². The maximum Gasteiger partial charge on any atom is 0.390 e. The molecule has 0 radical (unpaired) electrons. The van der Waals surface area contributed by atoms with Crippen molar-refractivity contribution in [2.24, 2.45) is 5.73 Å². The highest BCUT2D eigenvalue weighted by Gasteiger charge is 2.30. The maximum atomic E-state index is 12.1. The minimum atomic E-state index is -4.25. The van der Waals surface area contributed by atoms with E-state index in [1.807, 2.05) is 6.92 Å². The van der Waals surface area contributed by atoms with Crippen molar-refractivity contribution in [1.82, 2.24) is 0 Å². The molecule has 0 aliphatic rings. The summed E-state index contributed by atoms with van der Waals surface area (Å²) in [5.74, 6) is 0.539. The summed E-state index contributed by atoms with van der Waals surface area (Å²) >= 11 is 0. The SMILES string of the molecule is CCOc1cccc(C(N)CC(F)(F)F)c1. The zero-order valence-electron chi connectivity index (χ0n) is 8.92. The molecule has 1 aromatic rings. The van der Waals surface area contributed by atoms with Crippen LogP contribution in [0.1, 0.15) is 24.9 Å². The Morgan fingerprint density at radius 3 is 2.62 bits per heavy atom. The highest BCUT2D eigenvalue weighted by Crippen LogP contribution is 2.29. The fraction of sp³-hybridized carbons (Fsp3) is 0.455. The van der Waals surface area contributed by atoms with Crippen LogP contribution >= 0.6 is 0 Å². The molecule has 0 amide bonds. The zero-order valence-corrected chi connectivity index (χ0v) is 8.92. The molecular formula is C11H14F3NO. The summed E-state index contributed by atoms with van der Waals surface area (Å²) in [6.45, 7) is 2.28. The van der Waals surface area contributed by atoms with Gasteiger partial charge in [0.25, 0.3) is 0 Å². The molecule has 0 fully saturated rings. The molecule has 0 heterocycles. The lowest BCUT2D eigenvalue weighted by molar-refractivity contribution is -0.138. The van der Waals surface area contributed by atoms with E-state index in [4.69, 9.17) is 10.5 Å². The van der Waals surface area contributed by atoms with Gasteiger partial charge in [0, 0.05) is 6.04 Å². The number of nitrogens with two attached hydrogens (primary N) is 1. The molecule has 2 nitrogen and oxygen atoms in total. The van der Waals surface area contributed by atoms with Crippen molar-refractivity contribution >= 4 is 0 Å². The van der Waals surface area contributed by atoms with Crippen molar-refractivity contribution in [2.75, 3.05) is 6.61 Å². The number of hydrogen-bond acceptors (Lipinski definition) is 2. The largest absolute Gasteiger partial charge is 0.494 e. The van der Waals surface area contributed by atoms with Crippen LogP contribution in [0.5, 0.6) is 5.75 Å². The van der Waals surface area contributed by atoms with Crippen LogP contribution in [0.3, 0.4) is 0 Å². The number of hydrogen-bond donors (Lipinski definition) is 1. The van der Waals surface area contributed by atoms with E-state index in [0.717, 1.165) is 0 Å². The summed E-state index contributed by atoms with van der Waals surface area (Å²) in [4.78, 5) is 0. The topological polar surface area (TPSA) is 35.2 Å². The van der Waals surface area contributed by atoms with Crippen LogP contribution in [0.2, 0.25) is 0 Å². The average Bonchev–Trinajstić information content (AvgIpc) is 2.16. The third-order valence-corrected chi connectivity index (χ3v) is 2.05. The van der Waals surface area contributed by atoms with Gasteiger partial charge in [-0.1, -0.05) is 12.1 Å². The first-order valence-electron chi connectivity index (χ1n) is 4.97. The van der Waals surface area contributed by atoms with Crippen molar-refractivity contribution in [3.05, 3.63) is 29.8 Å². The highest BCUT2D eigenvalue weighted by atomic mass is 19.4. The minimum Gasteiger partial charge on any atom is -0.494 e. The Balaban J connectivity index is 2.75. The molecule has 0 aliphatic heterocycles. The predicted octanol–water partition coefficient (Wildman–Crippen LogP) is 3.04. The second-order valence-electron chi connectivity index (χ2n) is 3.43. The number of benzene rings is 1. The lowest BCUT2D eigenvalue weighted by Gasteiger charge is -2.15. The standard InChI is InChI=1S/C11H14F3NO/c1-2-16-9-5-3-4-8(6-9)10(15)7-11(12,13)14/h3-6,10H,2,7,15H2,1H3. The van der Waals surface area contributed by atoms with Gasteiger partial charge in [-0.05, 0) is 24.6 Å². The van der Waals surface area contributed by atoms with Crippen LogP contribution in [0.15, 0.2) is 24.3 Å². The Kier molecular flexibility index (Phi) is 4.18. The predicted molar refractivity (Wildman–Crippen MR) is 55.2 cm³/mol. The van der Waals surface area contributed by atoms with Gasteiger partial charge in [0.05, 0.1) is 13.0 Å². The van der Waals surface area contributed by atoms with Gasteiger partial charge < -0.3 is 10.5 Å². The van der Waals surface area contributed by atoms with Gasteiger partial charge in [-0.2, -0.15) is 13.2 Å². The van der Waals surface area contributed by atoms with E-state index in [-0.39, 0.29) is 0 Å². The van der Waals surface area contributed by atoms with Crippen LogP contribution < -0.4 is 10.5 Å². The summed E-state index contributed by atoms with van der Waals surface area (Å²) < 4.78 is 41.6. The fourth-order valence-electron chi connectivity index (χ4n) is 1.37. The van der Waals surface area contributed by atoms with E-state index in [9.17, 15) is 13.2 Å². The Morgan fingerprint density at radius 2 is 2.06 bits per heavy atom. The van der Waals surface area contributed by atoms with E-state index < -0.39 is 18.6 Å². The van der Waals surface area contributed by atoms with Crippen LogP contribution in [-0.4, -0.2) is 12.8 Å². The van der Waals surface area contributed by atoms with E-state index >= 15 is 0 Å². The number of rotatable bonds is 4. The molecule has 1 aromatic carbocycles. The van der Waals surface area contributed by atoms with Crippen molar-refractivity contribution in [3.8, 4) is 5.75 Å². The smallest absolute Gasteiger partial charge is 0.390 e. The summed E-state index contributed by atoms with van der Waals surface area (Å²) in [6, 6.07) is 5.39. The number of halogens is 3. The Morgan fingerprint density at radius 1 is 1.38 bits per heavy atom. The quantitative estimate of drug-likeness (QED) is 0.867. The van der Waals surface area contributed by atoms with Gasteiger partial charge in [0.15, 0.2) is 0 Å². The molecule has 1 rings (SSSR count). The first-order valence-corrected chi connectivity index (χ1v) is 4.97. The molecule has 0 saturated carbocycles. The van der Waals surface area contributed by atoms with Gasteiger partial charge in [0.1, 0.15) is 5.75 Å². The van der Waals surface area contributed by atoms with Gasteiger partial charge >= 0.3 is 6.18 Å². The Hall–Kier alpha value is -1.23. The van der Waals surface area contributed by atoms with Gasteiger partial charge in [-0.25, -0.2) is 0 Å². The molecule has 0 bridgehead atoms. The molecule has 1 unspecified atom stereocenters. The third-order valence-electron chi connectivity index (χ3n) is 2.05. The first kappa shape index (κ1) is 12.8. The van der Waals surface area contributed by atoms with Gasteiger partial charge in [-0.15, -0.1) is 0 Å². The monoisotopic (exact) mass is 233 g/mol. The van der Waals surface area contributed by atoms with Crippen molar-refractivity contribution < 1.29 is 17.9 Å². The minimum absolute atomic E-state index is 0.434. The number of ether oxygens (including phenoxy) is 1. The van der Waals surface area contributed by atoms with Crippen molar-refractivity contribution in [1.29, 1.82) is 0 Å². The lowest BCUT2D eigenvalue weighted by atomic mass is 10.0. The maximum absolute atomic E-state index is 12.1. The normalized spacial score (nSPS) is 13.6. The Bertz CT molecular complexity index is 338. The summed E-state index contributed by atoms with van der Waals surface area (Å²) in [5, 5.41) is 0. The molecule has 0 aromatic heterocycles. The van der Waals surface area contributed by atoms with Gasteiger partial charge in [0.2, 0.25) is 0 Å². The van der Waals surface area contributed by atoms with Crippen LogP contribution in [0.25, 0.3) is 0 Å². The average molecular weight is 233 g/mol. The highest BCUT2D eigenvalue weighted by molar-refractivity contribution is 5.30. The second-order valence-corrected chi connectivity index (χ2v) is 3.43. The molecule has 0 spiro atoms. The molecule has 90 valence electrons. The van der Waals surface area contributed by atoms with E-state index in [0.29, 0.717) is 17.9 Å². The summed E-state index contributed by atoms with van der Waals surface area (Å²) in [7, 11) is 0. The second kappa shape index (κ2) is 5.21. The van der Waals surface area contributed by atoms with Crippen LogP contribution in [0.4, 0.5) is 13.2 Å². The van der Waals surface area contributed by atoms with E-state index in [1.54, 1.807) is 24.3 Å². The fourth-order valence-corrected chi connectivity index (χ4v) is 1.37. The van der Waals surface area contributed by atoms with E-state index in [1.165, 1.54) is 0 Å². The first-order chi connectivity index (χ1) is 7.42. The number of alkyl halides is 3. The molecule has 16 heavy (non-hydrogen) atoms. The molecule has 0 aliphatic carbocycles. The molecular weight excluding hydrogens is 219 g/mol. The lowest BCUT2D eigenvalue weighted by Crippen LogP contribution is -2.20. The van der Waals surface area contributed by atoms with Crippen molar-refractivity contribution in [2.45, 2.75) is 25.6 Å². The summed E-state index contributed by atoms with van der Waals surface area (Å²) in [6.07, 6.45) is -5.27. The molecule has 0 saturated heterocycles. The van der Waals surface area contributed by atoms with Gasteiger partial charge in [-0.3, -0.25) is 0 Å². The molecule has 2 N–H and O–H groups in total.